The molecule has 0 radical (unpaired) electrons. The van der Waals surface area contributed by atoms with Crippen LogP contribution >= 0.6 is 0 Å². The number of carbonyl (C=O) groups is 1. The number of ether oxygens (including phenoxy) is 1. The van der Waals surface area contributed by atoms with E-state index in [0.29, 0.717) is 12.3 Å². The van der Waals surface area contributed by atoms with Gasteiger partial charge in [0.2, 0.25) is 0 Å². The number of hydrogen-bond donors (Lipinski definition) is 2. The number of methoxy groups -OCH3 is 1. The topological polar surface area (TPSA) is 58.6 Å². The van der Waals surface area contributed by atoms with Gasteiger partial charge in [-0.3, -0.25) is 4.79 Å². The van der Waals surface area contributed by atoms with E-state index in [1.54, 1.807) is 7.11 Å². The number of benzene rings is 1. The molecule has 1 atom stereocenters. The van der Waals surface area contributed by atoms with Crippen LogP contribution in [0.3, 0.4) is 0 Å². The Morgan fingerprint density at radius 2 is 2.11 bits per heavy atom. The molecule has 1 aromatic rings. The maximum absolute atomic E-state index is 10.7. The third-order valence-corrected chi connectivity index (χ3v) is 3.29. The van der Waals surface area contributed by atoms with Crippen LogP contribution in [0.4, 0.5) is 0 Å². The van der Waals surface area contributed by atoms with E-state index in [1.807, 2.05) is 13.1 Å². The molecule has 0 aliphatic carbocycles. The van der Waals surface area contributed by atoms with Crippen LogP contribution in [0.25, 0.3) is 0 Å². The zero-order valence-electron chi connectivity index (χ0n) is 12.1. The Labute approximate surface area is 114 Å². The summed E-state index contributed by atoms with van der Waals surface area (Å²) >= 11 is 0. The molecule has 0 bridgehead atoms. The van der Waals surface area contributed by atoms with Crippen molar-refractivity contribution < 1.29 is 14.6 Å². The summed E-state index contributed by atoms with van der Waals surface area (Å²) in [6.07, 6.45) is 0.685. The first-order chi connectivity index (χ1) is 8.99. The van der Waals surface area contributed by atoms with Gasteiger partial charge in [-0.05, 0) is 31.0 Å². The van der Waals surface area contributed by atoms with Crippen LogP contribution in [0.2, 0.25) is 0 Å². The van der Waals surface area contributed by atoms with E-state index in [-0.39, 0.29) is 12.5 Å². The van der Waals surface area contributed by atoms with Gasteiger partial charge < -0.3 is 15.2 Å². The van der Waals surface area contributed by atoms with Gasteiger partial charge in [-0.1, -0.05) is 26.0 Å². The maximum Gasteiger partial charge on any atom is 0.303 e. The third-order valence-electron chi connectivity index (χ3n) is 3.29. The fourth-order valence-corrected chi connectivity index (χ4v) is 2.11. The zero-order valence-corrected chi connectivity index (χ0v) is 12.1. The molecular formula is C15H23NO3. The molecule has 0 saturated heterocycles. The van der Waals surface area contributed by atoms with Crippen LogP contribution in [0, 0.1) is 0 Å². The number of nitrogens with one attached hydrogen (secondary N) is 1. The molecule has 4 nitrogen and oxygen atoms in total. The van der Waals surface area contributed by atoms with Crippen molar-refractivity contribution >= 4 is 5.97 Å². The SMILES string of the molecule is CNC(CCC(=O)O)c1cc(C(C)C)ccc1OC. The average Bonchev–Trinajstić information content (AvgIpc) is 2.38. The lowest BCUT2D eigenvalue weighted by atomic mass is 9.95. The molecule has 0 fully saturated rings. The van der Waals surface area contributed by atoms with E-state index in [1.165, 1.54) is 5.56 Å². The molecular weight excluding hydrogens is 242 g/mol. The minimum Gasteiger partial charge on any atom is -0.496 e. The summed E-state index contributed by atoms with van der Waals surface area (Å²) in [5.41, 5.74) is 2.25. The number of hydrogen-bond acceptors (Lipinski definition) is 3. The van der Waals surface area contributed by atoms with Crippen LogP contribution in [0.1, 0.15) is 49.8 Å². The Balaban J connectivity index is 3.04. The predicted molar refractivity (Wildman–Crippen MR) is 75.8 cm³/mol. The fraction of sp³-hybridized carbons (Fsp3) is 0.533. The van der Waals surface area contributed by atoms with Crippen molar-refractivity contribution in [2.75, 3.05) is 14.2 Å². The summed E-state index contributed by atoms with van der Waals surface area (Å²) in [6, 6.07) is 6.10. The molecule has 0 aliphatic heterocycles. The lowest BCUT2D eigenvalue weighted by molar-refractivity contribution is -0.137. The van der Waals surface area contributed by atoms with Crippen LogP contribution in [-0.2, 0) is 4.79 Å². The van der Waals surface area contributed by atoms with Crippen molar-refractivity contribution in [3.05, 3.63) is 29.3 Å². The highest BCUT2D eigenvalue weighted by Gasteiger charge is 2.17. The van der Waals surface area contributed by atoms with Gasteiger partial charge in [0.15, 0.2) is 0 Å². The average molecular weight is 265 g/mol. The molecule has 0 spiro atoms. The van der Waals surface area contributed by atoms with Gasteiger partial charge in [-0.15, -0.1) is 0 Å². The first-order valence-corrected chi connectivity index (χ1v) is 6.56. The second-order valence-electron chi connectivity index (χ2n) is 4.93. The third kappa shape index (κ3) is 4.24. The molecule has 0 aliphatic rings. The second kappa shape index (κ2) is 7.14. The van der Waals surface area contributed by atoms with Crippen molar-refractivity contribution in [2.45, 2.75) is 38.6 Å². The molecule has 1 unspecified atom stereocenters. The summed E-state index contributed by atoms with van der Waals surface area (Å²) in [6.45, 7) is 4.27. The molecule has 2 N–H and O–H groups in total. The van der Waals surface area contributed by atoms with E-state index < -0.39 is 5.97 Å². The van der Waals surface area contributed by atoms with Crippen molar-refractivity contribution in [3.8, 4) is 5.75 Å². The largest absolute Gasteiger partial charge is 0.496 e. The van der Waals surface area contributed by atoms with E-state index in [4.69, 9.17) is 9.84 Å². The Morgan fingerprint density at radius 1 is 1.42 bits per heavy atom. The van der Waals surface area contributed by atoms with Gasteiger partial charge in [0.25, 0.3) is 0 Å². The summed E-state index contributed by atoms with van der Waals surface area (Å²) < 4.78 is 5.38. The number of rotatable bonds is 7. The molecule has 1 aromatic carbocycles. The van der Waals surface area contributed by atoms with Crippen LogP contribution in [-0.4, -0.2) is 25.2 Å². The number of aliphatic carboxylic acids is 1. The second-order valence-corrected chi connectivity index (χ2v) is 4.93. The Hall–Kier alpha value is -1.55. The maximum atomic E-state index is 10.7. The van der Waals surface area contributed by atoms with Crippen LogP contribution < -0.4 is 10.1 Å². The van der Waals surface area contributed by atoms with Gasteiger partial charge in [-0.2, -0.15) is 0 Å². The molecule has 106 valence electrons. The minimum atomic E-state index is -0.778. The zero-order chi connectivity index (χ0) is 14.4. The Morgan fingerprint density at radius 3 is 2.58 bits per heavy atom. The lowest BCUT2D eigenvalue weighted by Gasteiger charge is -2.20. The van der Waals surface area contributed by atoms with Crippen LogP contribution in [0.15, 0.2) is 18.2 Å². The van der Waals surface area contributed by atoms with Crippen molar-refractivity contribution in [1.29, 1.82) is 0 Å². The number of carboxylic acid groups (broad SMARTS) is 1. The first kappa shape index (κ1) is 15.5. The van der Waals surface area contributed by atoms with Crippen molar-refractivity contribution in [1.82, 2.24) is 5.32 Å². The van der Waals surface area contributed by atoms with E-state index in [0.717, 1.165) is 11.3 Å². The van der Waals surface area contributed by atoms with Crippen molar-refractivity contribution in [3.63, 3.8) is 0 Å². The molecule has 19 heavy (non-hydrogen) atoms. The Bertz CT molecular complexity index is 429. The molecule has 0 saturated carbocycles. The smallest absolute Gasteiger partial charge is 0.303 e. The van der Waals surface area contributed by atoms with E-state index in [9.17, 15) is 4.79 Å². The van der Waals surface area contributed by atoms with Gasteiger partial charge in [0.05, 0.1) is 7.11 Å². The molecule has 1 rings (SSSR count). The van der Waals surface area contributed by atoms with Gasteiger partial charge in [0, 0.05) is 18.0 Å². The quantitative estimate of drug-likeness (QED) is 0.796. The molecule has 0 heterocycles. The predicted octanol–water partition coefficient (Wildman–Crippen LogP) is 2.94. The van der Waals surface area contributed by atoms with E-state index in [2.05, 4.69) is 31.3 Å². The summed E-state index contributed by atoms with van der Waals surface area (Å²) in [5, 5.41) is 12.0. The fourth-order valence-electron chi connectivity index (χ4n) is 2.11. The summed E-state index contributed by atoms with van der Waals surface area (Å²) in [4.78, 5) is 10.7. The normalized spacial score (nSPS) is 12.5. The highest BCUT2D eigenvalue weighted by Crippen LogP contribution is 2.31. The molecule has 4 heteroatoms. The minimum absolute atomic E-state index is 0.00949. The monoisotopic (exact) mass is 265 g/mol. The van der Waals surface area contributed by atoms with Gasteiger partial charge in [-0.25, -0.2) is 0 Å². The standard InChI is InChI=1S/C15H23NO3/c1-10(2)11-5-7-14(19-4)12(9-11)13(16-3)6-8-15(17)18/h5,7,9-10,13,16H,6,8H2,1-4H3,(H,17,18). The van der Waals surface area contributed by atoms with Crippen molar-refractivity contribution in [2.24, 2.45) is 0 Å². The van der Waals surface area contributed by atoms with Crippen LogP contribution in [0.5, 0.6) is 5.75 Å². The van der Waals surface area contributed by atoms with Gasteiger partial charge in [0.1, 0.15) is 5.75 Å². The lowest BCUT2D eigenvalue weighted by Crippen LogP contribution is -2.18. The number of carboxylic acids is 1. The summed E-state index contributed by atoms with van der Waals surface area (Å²) in [5.74, 6) is 0.454. The highest BCUT2D eigenvalue weighted by atomic mass is 16.5. The highest BCUT2D eigenvalue weighted by molar-refractivity contribution is 5.66. The molecule has 0 amide bonds. The van der Waals surface area contributed by atoms with E-state index >= 15 is 0 Å². The first-order valence-electron chi connectivity index (χ1n) is 6.56. The van der Waals surface area contributed by atoms with Gasteiger partial charge >= 0.3 is 5.97 Å². The molecule has 0 aromatic heterocycles. The summed E-state index contributed by atoms with van der Waals surface area (Å²) in [7, 11) is 3.48. The Kier molecular flexibility index (Phi) is 5.83.